The lowest BCUT2D eigenvalue weighted by atomic mass is 9.91. The average Bonchev–Trinajstić information content (AvgIpc) is 3.89. The van der Waals surface area contributed by atoms with Gasteiger partial charge in [-0.05, 0) is 121 Å². The maximum absolute atomic E-state index is 6.97. The van der Waals surface area contributed by atoms with Gasteiger partial charge >= 0.3 is 0 Å². The van der Waals surface area contributed by atoms with Crippen LogP contribution in [0.3, 0.4) is 0 Å². The lowest BCUT2D eigenvalue weighted by Gasteiger charge is -2.25. The highest BCUT2D eigenvalue weighted by Crippen LogP contribution is 2.48. The van der Waals surface area contributed by atoms with Crippen LogP contribution >= 0.6 is 0 Å². The molecule has 0 amide bonds. The van der Waals surface area contributed by atoms with Gasteiger partial charge in [0.25, 0.3) is 0 Å². The summed E-state index contributed by atoms with van der Waals surface area (Å²) >= 11 is 0. The molecule has 0 aliphatic carbocycles. The van der Waals surface area contributed by atoms with E-state index in [2.05, 4.69) is 228 Å². The molecular formula is C58H36N2O. The summed E-state index contributed by atoms with van der Waals surface area (Å²) in [7, 11) is 0. The highest BCUT2D eigenvalue weighted by atomic mass is 16.3. The summed E-state index contributed by atoms with van der Waals surface area (Å²) in [5, 5.41) is 14.5. The SMILES string of the molecule is c1ccc(N(c2ccccc2)c2ccc(-n3c4ccc5ccccc5c4c4c5oc6ccccc6c5cc(-c5ccc6c7ccccc7c7ccccc7c6c5)c43)cc2)cc1. The van der Waals surface area contributed by atoms with E-state index in [1.165, 1.54) is 48.5 Å². The fraction of sp³-hybridized carbons (Fsp3) is 0. The van der Waals surface area contributed by atoms with Gasteiger partial charge in [-0.15, -0.1) is 0 Å². The van der Waals surface area contributed by atoms with Crippen LogP contribution in [0, 0.1) is 0 Å². The Morgan fingerprint density at radius 2 is 0.902 bits per heavy atom. The Bertz CT molecular complexity index is 3790. The predicted molar refractivity (Wildman–Crippen MR) is 258 cm³/mol. The number of para-hydroxylation sites is 3. The van der Waals surface area contributed by atoms with Crippen molar-refractivity contribution in [1.82, 2.24) is 4.57 Å². The molecule has 0 atom stereocenters. The van der Waals surface area contributed by atoms with Crippen LogP contribution in [0.15, 0.2) is 223 Å². The number of anilines is 3. The molecule has 284 valence electrons. The first kappa shape index (κ1) is 33.8. The zero-order valence-corrected chi connectivity index (χ0v) is 33.1. The van der Waals surface area contributed by atoms with Crippen LogP contribution in [0.2, 0.25) is 0 Å². The smallest absolute Gasteiger partial charge is 0.145 e. The Labute approximate surface area is 351 Å². The summed E-state index contributed by atoms with van der Waals surface area (Å²) in [6.07, 6.45) is 0. The normalized spacial score (nSPS) is 11.9. The molecule has 0 spiro atoms. The van der Waals surface area contributed by atoms with Gasteiger partial charge in [0.15, 0.2) is 0 Å². The van der Waals surface area contributed by atoms with E-state index in [0.717, 1.165) is 72.2 Å². The van der Waals surface area contributed by atoms with Crippen molar-refractivity contribution in [2.45, 2.75) is 0 Å². The predicted octanol–water partition coefficient (Wildman–Crippen LogP) is 16.4. The molecule has 0 unspecified atom stereocenters. The first-order valence-corrected chi connectivity index (χ1v) is 20.9. The van der Waals surface area contributed by atoms with Gasteiger partial charge < -0.3 is 13.9 Å². The zero-order chi connectivity index (χ0) is 40.0. The lowest BCUT2D eigenvalue weighted by Crippen LogP contribution is -2.09. The molecule has 0 radical (unpaired) electrons. The van der Waals surface area contributed by atoms with Crippen LogP contribution in [-0.2, 0) is 0 Å². The third-order valence-electron chi connectivity index (χ3n) is 12.7. The monoisotopic (exact) mass is 776 g/mol. The van der Waals surface area contributed by atoms with Gasteiger partial charge in [-0.2, -0.15) is 0 Å². The van der Waals surface area contributed by atoms with Crippen molar-refractivity contribution in [3.8, 4) is 16.8 Å². The maximum Gasteiger partial charge on any atom is 0.145 e. The Kier molecular flexibility index (Phi) is 7.31. The van der Waals surface area contributed by atoms with Gasteiger partial charge in [0.1, 0.15) is 11.2 Å². The molecular weight excluding hydrogens is 741 g/mol. The molecule has 0 bridgehead atoms. The Balaban J connectivity index is 1.15. The van der Waals surface area contributed by atoms with Gasteiger partial charge in [0, 0.05) is 44.5 Å². The van der Waals surface area contributed by atoms with Crippen LogP contribution in [0.5, 0.6) is 0 Å². The van der Waals surface area contributed by atoms with E-state index < -0.39 is 0 Å². The highest BCUT2D eigenvalue weighted by molar-refractivity contribution is 6.33. The number of fused-ring (bicyclic) bond motifs is 15. The molecule has 13 aromatic rings. The van der Waals surface area contributed by atoms with Crippen molar-refractivity contribution in [3.63, 3.8) is 0 Å². The summed E-state index contributed by atoms with van der Waals surface area (Å²) in [5.41, 5.74) is 10.8. The molecule has 0 saturated carbocycles. The quantitative estimate of drug-likeness (QED) is 0.162. The second-order valence-electron chi connectivity index (χ2n) is 16.0. The second kappa shape index (κ2) is 13.2. The molecule has 3 nitrogen and oxygen atoms in total. The second-order valence-corrected chi connectivity index (χ2v) is 16.0. The third-order valence-corrected chi connectivity index (χ3v) is 12.7. The summed E-state index contributed by atoms with van der Waals surface area (Å²) < 4.78 is 9.44. The topological polar surface area (TPSA) is 21.3 Å². The molecule has 2 heterocycles. The zero-order valence-electron chi connectivity index (χ0n) is 33.1. The third kappa shape index (κ3) is 5.04. The number of nitrogens with zero attached hydrogens (tertiary/aromatic N) is 2. The van der Waals surface area contributed by atoms with E-state index in [1.807, 2.05) is 0 Å². The van der Waals surface area contributed by atoms with Crippen molar-refractivity contribution in [3.05, 3.63) is 218 Å². The number of rotatable bonds is 5. The molecule has 2 aromatic heterocycles. The van der Waals surface area contributed by atoms with E-state index in [4.69, 9.17) is 4.42 Å². The fourth-order valence-corrected chi connectivity index (χ4v) is 10.1. The largest absolute Gasteiger partial charge is 0.455 e. The van der Waals surface area contributed by atoms with E-state index >= 15 is 0 Å². The Morgan fingerprint density at radius 3 is 1.57 bits per heavy atom. The summed E-state index contributed by atoms with van der Waals surface area (Å²) in [6.45, 7) is 0. The number of hydrogen-bond donors (Lipinski definition) is 0. The van der Waals surface area contributed by atoms with Crippen molar-refractivity contribution in [1.29, 1.82) is 0 Å². The van der Waals surface area contributed by atoms with Crippen LogP contribution in [0.25, 0.3) is 104 Å². The molecule has 0 fully saturated rings. The Morgan fingerprint density at radius 1 is 0.361 bits per heavy atom. The molecule has 13 rings (SSSR count). The van der Waals surface area contributed by atoms with E-state index in [0.29, 0.717) is 0 Å². The first-order valence-electron chi connectivity index (χ1n) is 20.9. The van der Waals surface area contributed by atoms with Crippen molar-refractivity contribution < 1.29 is 4.42 Å². The Hall–Kier alpha value is -8.14. The number of hydrogen-bond acceptors (Lipinski definition) is 2. The summed E-state index contributed by atoms with van der Waals surface area (Å²) in [4.78, 5) is 2.32. The van der Waals surface area contributed by atoms with Gasteiger partial charge in [0.05, 0.1) is 16.4 Å². The standard InChI is InChI=1S/C58H36N2O/c1-3-16-39(17-4-1)59(40-18-5-2-6-19-40)41-29-31-42(32-30-41)60-53-34-28-37-15-7-8-20-43(37)55(53)56-57(60)50(36-52-49-25-13-14-26-54(49)61-58(52)56)38-27-33-48-46-23-10-9-21-44(46)45-22-11-12-24-47(45)51(48)35-38/h1-36H. The number of furan rings is 1. The fourth-order valence-electron chi connectivity index (χ4n) is 10.1. The molecule has 0 aliphatic rings. The van der Waals surface area contributed by atoms with Crippen LogP contribution in [-0.4, -0.2) is 4.57 Å². The molecule has 61 heavy (non-hydrogen) atoms. The van der Waals surface area contributed by atoms with E-state index in [-0.39, 0.29) is 0 Å². The van der Waals surface area contributed by atoms with E-state index in [1.54, 1.807) is 0 Å². The first-order chi connectivity index (χ1) is 30.3. The number of aromatic nitrogens is 1. The van der Waals surface area contributed by atoms with Crippen LogP contribution in [0.1, 0.15) is 0 Å². The van der Waals surface area contributed by atoms with Gasteiger partial charge in [-0.3, -0.25) is 0 Å². The van der Waals surface area contributed by atoms with Crippen LogP contribution < -0.4 is 4.90 Å². The van der Waals surface area contributed by atoms with E-state index in [9.17, 15) is 0 Å². The molecule has 0 saturated heterocycles. The summed E-state index contributed by atoms with van der Waals surface area (Å²) in [6, 6.07) is 79.1. The van der Waals surface area contributed by atoms with Crippen LogP contribution in [0.4, 0.5) is 17.1 Å². The minimum Gasteiger partial charge on any atom is -0.455 e. The maximum atomic E-state index is 6.97. The molecule has 3 heteroatoms. The highest BCUT2D eigenvalue weighted by Gasteiger charge is 2.25. The van der Waals surface area contributed by atoms with Crippen molar-refractivity contribution >= 4 is 104 Å². The minimum absolute atomic E-state index is 0.888. The van der Waals surface area contributed by atoms with Gasteiger partial charge in [0.2, 0.25) is 0 Å². The number of benzene rings is 11. The minimum atomic E-state index is 0.888. The molecule has 11 aromatic carbocycles. The van der Waals surface area contributed by atoms with Gasteiger partial charge in [-0.25, -0.2) is 0 Å². The summed E-state index contributed by atoms with van der Waals surface area (Å²) in [5.74, 6) is 0. The van der Waals surface area contributed by atoms with Crippen molar-refractivity contribution in [2.24, 2.45) is 0 Å². The van der Waals surface area contributed by atoms with Crippen molar-refractivity contribution in [2.75, 3.05) is 4.90 Å². The molecule has 0 aliphatic heterocycles. The average molecular weight is 777 g/mol. The van der Waals surface area contributed by atoms with Gasteiger partial charge in [-0.1, -0.05) is 146 Å². The molecule has 0 N–H and O–H groups in total. The lowest BCUT2D eigenvalue weighted by molar-refractivity contribution is 0.673.